The molecule has 34 heavy (non-hydrogen) atoms. The Labute approximate surface area is 198 Å². The van der Waals surface area contributed by atoms with E-state index >= 15 is 0 Å². The summed E-state index contributed by atoms with van der Waals surface area (Å²) in [5.74, 6) is 0.514. The fraction of sp³-hybridized carbons (Fsp3) is 0.385. The number of ether oxygens (including phenoxy) is 1. The van der Waals surface area contributed by atoms with Crippen LogP contribution in [0, 0.1) is 0 Å². The van der Waals surface area contributed by atoms with Crippen molar-refractivity contribution in [1.82, 2.24) is 9.97 Å². The van der Waals surface area contributed by atoms with Crippen molar-refractivity contribution in [2.24, 2.45) is 0 Å². The van der Waals surface area contributed by atoms with E-state index in [1.54, 1.807) is 36.4 Å². The number of alkyl halides is 3. The van der Waals surface area contributed by atoms with E-state index in [0.717, 1.165) is 56.0 Å². The van der Waals surface area contributed by atoms with Crippen LogP contribution < -0.4 is 15.4 Å². The molecule has 2 N–H and O–H groups in total. The van der Waals surface area contributed by atoms with Crippen molar-refractivity contribution in [2.75, 3.05) is 17.2 Å². The molecule has 0 aliphatic rings. The summed E-state index contributed by atoms with van der Waals surface area (Å²) in [5, 5.41) is 5.88. The lowest BCUT2D eigenvalue weighted by Crippen LogP contribution is -2.13. The highest BCUT2D eigenvalue weighted by Crippen LogP contribution is 2.36. The summed E-state index contributed by atoms with van der Waals surface area (Å²) in [7, 11) is 0. The lowest BCUT2D eigenvalue weighted by Gasteiger charge is -2.17. The van der Waals surface area contributed by atoms with Gasteiger partial charge in [-0.05, 0) is 55.2 Å². The highest BCUT2D eigenvalue weighted by atomic mass is 19.4. The van der Waals surface area contributed by atoms with Gasteiger partial charge in [-0.25, -0.2) is 4.98 Å². The van der Waals surface area contributed by atoms with Crippen LogP contribution in [0.1, 0.15) is 57.1 Å². The number of nitrogens with zero attached hydrogens (tertiary/aromatic N) is 2. The minimum absolute atomic E-state index is 0.0682. The molecule has 1 heterocycles. The molecule has 1 aromatic heterocycles. The van der Waals surface area contributed by atoms with E-state index in [4.69, 9.17) is 4.74 Å². The first kappa shape index (κ1) is 25.3. The van der Waals surface area contributed by atoms with E-state index < -0.39 is 11.7 Å². The van der Waals surface area contributed by atoms with Gasteiger partial charge in [0.2, 0.25) is 5.95 Å². The second-order valence-electron chi connectivity index (χ2n) is 8.04. The molecular formula is C26H31F3N4O. The van der Waals surface area contributed by atoms with Gasteiger partial charge in [0.15, 0.2) is 0 Å². The van der Waals surface area contributed by atoms with Crippen molar-refractivity contribution in [3.63, 3.8) is 0 Å². The van der Waals surface area contributed by atoms with E-state index in [1.165, 1.54) is 0 Å². The Morgan fingerprint density at radius 2 is 1.62 bits per heavy atom. The first-order valence-electron chi connectivity index (χ1n) is 11.7. The minimum atomic E-state index is -4.59. The maximum atomic E-state index is 13.7. The van der Waals surface area contributed by atoms with Crippen molar-refractivity contribution in [1.29, 1.82) is 0 Å². The highest BCUT2D eigenvalue weighted by molar-refractivity contribution is 5.65. The Bertz CT molecular complexity index is 1040. The Morgan fingerprint density at radius 3 is 2.32 bits per heavy atom. The molecule has 5 nitrogen and oxygen atoms in total. The number of nitrogens with one attached hydrogen (secondary N) is 2. The topological polar surface area (TPSA) is 59.1 Å². The smallest absolute Gasteiger partial charge is 0.421 e. The molecule has 0 radical (unpaired) electrons. The predicted octanol–water partition coefficient (Wildman–Crippen LogP) is 7.89. The number of rotatable bonds is 12. The van der Waals surface area contributed by atoms with Crippen LogP contribution in [-0.4, -0.2) is 16.6 Å². The second-order valence-corrected chi connectivity index (χ2v) is 8.04. The molecule has 0 aliphatic carbocycles. The number of halogens is 3. The van der Waals surface area contributed by atoms with Gasteiger partial charge in [-0.3, -0.25) is 0 Å². The monoisotopic (exact) mass is 472 g/mol. The highest BCUT2D eigenvalue weighted by Gasteiger charge is 2.35. The molecule has 0 bridgehead atoms. The number of unbranched alkanes of at least 4 members (excludes halogenated alkanes) is 3. The summed E-state index contributed by atoms with van der Waals surface area (Å²) >= 11 is 0. The SMILES string of the molecule is CCCCCc1ccccc1Nc1nc(Nc2ccc(OCCCC)cc2)ncc1C(F)(F)F. The fourth-order valence-corrected chi connectivity index (χ4v) is 3.40. The molecule has 3 rings (SSSR count). The average Bonchev–Trinajstić information content (AvgIpc) is 2.81. The van der Waals surface area contributed by atoms with Crippen molar-refractivity contribution < 1.29 is 17.9 Å². The van der Waals surface area contributed by atoms with Crippen LogP contribution in [0.2, 0.25) is 0 Å². The zero-order valence-electron chi connectivity index (χ0n) is 19.6. The van der Waals surface area contributed by atoms with Crippen LogP contribution in [0.3, 0.4) is 0 Å². The number of hydrogen-bond acceptors (Lipinski definition) is 5. The summed E-state index contributed by atoms with van der Waals surface area (Å²) in [6.07, 6.45) is 2.11. The Kier molecular flexibility index (Phi) is 9.13. The van der Waals surface area contributed by atoms with Crippen molar-refractivity contribution >= 4 is 23.1 Å². The molecule has 3 aromatic rings. The van der Waals surface area contributed by atoms with Gasteiger partial charge in [0.05, 0.1) is 6.61 Å². The Hall–Kier alpha value is -3.29. The zero-order chi connectivity index (χ0) is 24.4. The van der Waals surface area contributed by atoms with Gasteiger partial charge in [-0.1, -0.05) is 51.3 Å². The predicted molar refractivity (Wildman–Crippen MR) is 130 cm³/mol. The van der Waals surface area contributed by atoms with Crippen LogP contribution in [-0.2, 0) is 12.6 Å². The maximum absolute atomic E-state index is 13.7. The summed E-state index contributed by atoms with van der Waals surface area (Å²) in [4.78, 5) is 8.06. The lowest BCUT2D eigenvalue weighted by molar-refractivity contribution is -0.137. The van der Waals surface area contributed by atoms with Gasteiger partial charge in [0, 0.05) is 17.6 Å². The van der Waals surface area contributed by atoms with Crippen molar-refractivity contribution in [2.45, 2.75) is 58.5 Å². The number of benzene rings is 2. The van der Waals surface area contributed by atoms with Crippen LogP contribution in [0.5, 0.6) is 5.75 Å². The fourth-order valence-electron chi connectivity index (χ4n) is 3.40. The molecule has 0 atom stereocenters. The largest absolute Gasteiger partial charge is 0.494 e. The van der Waals surface area contributed by atoms with Gasteiger partial charge in [-0.15, -0.1) is 0 Å². The Morgan fingerprint density at radius 1 is 0.882 bits per heavy atom. The van der Waals surface area contributed by atoms with Crippen molar-refractivity contribution in [3.05, 3.63) is 65.9 Å². The van der Waals surface area contributed by atoms with Gasteiger partial charge >= 0.3 is 6.18 Å². The van der Waals surface area contributed by atoms with Crippen molar-refractivity contribution in [3.8, 4) is 5.75 Å². The molecule has 0 saturated heterocycles. The minimum Gasteiger partial charge on any atom is -0.494 e. The number of anilines is 4. The summed E-state index contributed by atoms with van der Waals surface area (Å²) in [6.45, 7) is 4.84. The third-order valence-corrected chi connectivity index (χ3v) is 5.29. The third kappa shape index (κ3) is 7.37. The Balaban J connectivity index is 1.81. The van der Waals surface area contributed by atoms with E-state index in [-0.39, 0.29) is 11.8 Å². The number of para-hydroxylation sites is 1. The third-order valence-electron chi connectivity index (χ3n) is 5.29. The molecule has 0 spiro atoms. The quantitative estimate of drug-likeness (QED) is 0.262. The lowest BCUT2D eigenvalue weighted by atomic mass is 10.1. The van der Waals surface area contributed by atoms with Gasteiger partial charge in [0.1, 0.15) is 17.1 Å². The standard InChI is InChI=1S/C26H31F3N4O/c1-3-5-7-10-19-11-8-9-12-23(19)32-24-22(26(27,28)29)18-30-25(33-24)31-20-13-15-21(16-14-20)34-17-6-4-2/h8-9,11-16,18H,3-7,10,17H2,1-2H3,(H2,30,31,32,33). The first-order chi connectivity index (χ1) is 16.4. The first-order valence-corrected chi connectivity index (χ1v) is 11.7. The number of hydrogen-bond donors (Lipinski definition) is 2. The number of aryl methyl sites for hydroxylation is 1. The normalized spacial score (nSPS) is 11.3. The van der Waals surface area contributed by atoms with Gasteiger partial charge < -0.3 is 15.4 Å². The molecule has 0 saturated carbocycles. The van der Waals surface area contributed by atoms with Gasteiger partial charge in [-0.2, -0.15) is 18.2 Å². The molecule has 0 amide bonds. The molecule has 2 aromatic carbocycles. The summed E-state index contributed by atoms with van der Waals surface area (Å²) < 4.78 is 46.7. The van der Waals surface area contributed by atoms with E-state index in [0.29, 0.717) is 18.0 Å². The summed E-state index contributed by atoms with van der Waals surface area (Å²) in [6, 6.07) is 14.5. The molecule has 0 aliphatic heterocycles. The maximum Gasteiger partial charge on any atom is 0.421 e. The van der Waals surface area contributed by atoms with Crippen LogP contribution in [0.25, 0.3) is 0 Å². The van der Waals surface area contributed by atoms with Crippen LogP contribution in [0.4, 0.5) is 36.3 Å². The zero-order valence-corrected chi connectivity index (χ0v) is 19.6. The van der Waals surface area contributed by atoms with Crippen LogP contribution >= 0.6 is 0 Å². The average molecular weight is 473 g/mol. The van der Waals surface area contributed by atoms with Gasteiger partial charge in [0.25, 0.3) is 0 Å². The molecule has 182 valence electrons. The number of aromatic nitrogens is 2. The molecule has 0 fully saturated rings. The molecule has 0 unspecified atom stereocenters. The van der Waals surface area contributed by atoms with Crippen LogP contribution in [0.15, 0.2) is 54.7 Å². The van der Waals surface area contributed by atoms with E-state index in [2.05, 4.69) is 34.4 Å². The van der Waals surface area contributed by atoms with E-state index in [1.807, 2.05) is 12.1 Å². The van der Waals surface area contributed by atoms with E-state index in [9.17, 15) is 13.2 Å². The second kappa shape index (κ2) is 12.3. The molecular weight excluding hydrogens is 441 g/mol. The summed E-state index contributed by atoms with van der Waals surface area (Å²) in [5.41, 5.74) is 1.30. The molecule has 8 heteroatoms.